The highest BCUT2D eigenvalue weighted by Gasteiger charge is 2.18. The number of benzene rings is 1. The van der Waals surface area contributed by atoms with Gasteiger partial charge in [-0.15, -0.1) is 12.4 Å². The molecule has 0 heterocycles. The number of nitrogens with two attached hydrogens (primary N) is 1. The summed E-state index contributed by atoms with van der Waals surface area (Å²) in [7, 11) is 2.63. The molecule has 1 atom stereocenters. The molecular weight excluding hydrogens is 249 g/mol. The topological polar surface area (TPSA) is 61.5 Å². The minimum Gasteiger partial charge on any atom is -0.494 e. The van der Waals surface area contributed by atoms with Gasteiger partial charge in [-0.3, -0.25) is 4.79 Å². The number of methoxy groups -OCH3 is 2. The highest BCUT2D eigenvalue weighted by Crippen LogP contribution is 2.25. The van der Waals surface area contributed by atoms with Crippen LogP contribution < -0.4 is 10.5 Å². The summed E-state index contributed by atoms with van der Waals surface area (Å²) in [5, 5.41) is 0. The third-order valence-corrected chi connectivity index (χ3v) is 2.23. The van der Waals surface area contributed by atoms with Crippen molar-refractivity contribution in [1.82, 2.24) is 0 Å². The molecule has 1 aromatic carbocycles. The van der Waals surface area contributed by atoms with Gasteiger partial charge >= 0.3 is 5.97 Å². The Kier molecular flexibility index (Phi) is 6.53. The minimum atomic E-state index is -0.734. The average molecular weight is 264 g/mol. The molecule has 0 saturated carbocycles. The molecule has 17 heavy (non-hydrogen) atoms. The van der Waals surface area contributed by atoms with Gasteiger partial charge in [0.1, 0.15) is 0 Å². The monoisotopic (exact) mass is 263 g/mol. The number of ether oxygens (including phenoxy) is 2. The average Bonchev–Trinajstić information content (AvgIpc) is 2.29. The number of hydrogen-bond acceptors (Lipinski definition) is 4. The Morgan fingerprint density at radius 3 is 2.65 bits per heavy atom. The number of esters is 1. The summed E-state index contributed by atoms with van der Waals surface area (Å²) in [6.45, 7) is 0. The highest BCUT2D eigenvalue weighted by molar-refractivity contribution is 5.85. The van der Waals surface area contributed by atoms with E-state index in [2.05, 4.69) is 4.74 Å². The lowest BCUT2D eigenvalue weighted by atomic mass is 10.0. The van der Waals surface area contributed by atoms with Crippen molar-refractivity contribution in [2.75, 3.05) is 14.2 Å². The van der Waals surface area contributed by atoms with Crippen LogP contribution >= 0.6 is 12.4 Å². The Bertz CT molecular complexity index is 387. The van der Waals surface area contributed by atoms with Crippen molar-refractivity contribution < 1.29 is 18.7 Å². The van der Waals surface area contributed by atoms with E-state index in [4.69, 9.17) is 10.5 Å². The van der Waals surface area contributed by atoms with Gasteiger partial charge in [0.25, 0.3) is 0 Å². The zero-order chi connectivity index (χ0) is 12.1. The highest BCUT2D eigenvalue weighted by atomic mass is 35.5. The smallest absolute Gasteiger partial charge is 0.307 e. The molecule has 0 radical (unpaired) electrons. The lowest BCUT2D eigenvalue weighted by Crippen LogP contribution is -2.17. The van der Waals surface area contributed by atoms with Gasteiger partial charge in [0.2, 0.25) is 0 Å². The first-order chi connectivity index (χ1) is 7.60. The van der Waals surface area contributed by atoms with Crippen LogP contribution in [0.15, 0.2) is 18.2 Å². The summed E-state index contributed by atoms with van der Waals surface area (Å²) in [6, 6.07) is 3.89. The SMILES string of the molecule is COC(=O)C[C@@H](N)c1cccc(OC)c1F.Cl. The largest absolute Gasteiger partial charge is 0.494 e. The summed E-state index contributed by atoms with van der Waals surface area (Å²) in [4.78, 5) is 11.0. The minimum absolute atomic E-state index is 0. The third-order valence-electron chi connectivity index (χ3n) is 2.23. The lowest BCUT2D eigenvalue weighted by Gasteiger charge is -2.13. The van der Waals surface area contributed by atoms with Crippen molar-refractivity contribution in [2.24, 2.45) is 5.73 Å². The van der Waals surface area contributed by atoms with Crippen molar-refractivity contribution in [3.8, 4) is 5.75 Å². The van der Waals surface area contributed by atoms with Crippen LogP contribution in [0.3, 0.4) is 0 Å². The predicted molar refractivity (Wildman–Crippen MR) is 63.8 cm³/mol. The van der Waals surface area contributed by atoms with Crippen LogP contribution in [0, 0.1) is 5.82 Å². The van der Waals surface area contributed by atoms with E-state index in [0.717, 1.165) is 0 Å². The molecule has 96 valence electrons. The van der Waals surface area contributed by atoms with Gasteiger partial charge < -0.3 is 15.2 Å². The Morgan fingerprint density at radius 1 is 1.47 bits per heavy atom. The van der Waals surface area contributed by atoms with Gasteiger partial charge in [0, 0.05) is 11.6 Å². The van der Waals surface area contributed by atoms with Crippen molar-refractivity contribution >= 4 is 18.4 Å². The maximum absolute atomic E-state index is 13.7. The Hall–Kier alpha value is -1.33. The van der Waals surface area contributed by atoms with Crippen molar-refractivity contribution in [1.29, 1.82) is 0 Å². The molecular formula is C11H15ClFNO3. The first-order valence-corrected chi connectivity index (χ1v) is 4.75. The maximum Gasteiger partial charge on any atom is 0.307 e. The Labute approximate surface area is 105 Å². The molecule has 0 saturated heterocycles. The van der Waals surface area contributed by atoms with Crippen LogP contribution in [-0.4, -0.2) is 20.2 Å². The first kappa shape index (κ1) is 15.7. The van der Waals surface area contributed by atoms with Gasteiger partial charge in [-0.2, -0.15) is 0 Å². The second kappa shape index (κ2) is 7.09. The van der Waals surface area contributed by atoms with Gasteiger partial charge in [0.15, 0.2) is 11.6 Å². The summed E-state index contributed by atoms with van der Waals surface area (Å²) in [5.41, 5.74) is 5.94. The molecule has 0 spiro atoms. The Balaban J connectivity index is 0.00000256. The van der Waals surface area contributed by atoms with Gasteiger partial charge in [-0.1, -0.05) is 12.1 Å². The molecule has 0 amide bonds. The molecule has 0 fully saturated rings. The molecule has 1 rings (SSSR count). The zero-order valence-corrected chi connectivity index (χ0v) is 10.4. The standard InChI is InChI=1S/C11H14FNO3.ClH/c1-15-9-5-3-4-7(11(9)12)8(13)6-10(14)16-2;/h3-5,8H,6,13H2,1-2H3;1H/t8-;/m1./s1. The quantitative estimate of drug-likeness (QED) is 0.842. The van der Waals surface area contributed by atoms with E-state index in [1.54, 1.807) is 6.07 Å². The summed E-state index contributed by atoms with van der Waals surface area (Å²) >= 11 is 0. The van der Waals surface area contributed by atoms with Crippen LogP contribution in [0.5, 0.6) is 5.75 Å². The molecule has 1 aromatic rings. The lowest BCUT2D eigenvalue weighted by molar-refractivity contribution is -0.141. The molecule has 6 heteroatoms. The molecule has 4 nitrogen and oxygen atoms in total. The maximum atomic E-state index is 13.7. The van der Waals surface area contributed by atoms with Crippen LogP contribution in [0.4, 0.5) is 4.39 Å². The van der Waals surface area contributed by atoms with E-state index in [0.29, 0.717) is 0 Å². The fourth-order valence-corrected chi connectivity index (χ4v) is 1.34. The molecule has 0 aliphatic carbocycles. The van der Waals surface area contributed by atoms with Gasteiger partial charge in [-0.05, 0) is 6.07 Å². The second-order valence-electron chi connectivity index (χ2n) is 3.25. The van der Waals surface area contributed by atoms with Crippen LogP contribution in [0.1, 0.15) is 18.0 Å². The molecule has 0 unspecified atom stereocenters. The summed E-state index contributed by atoms with van der Waals surface area (Å²) in [5.74, 6) is -0.908. The summed E-state index contributed by atoms with van der Waals surface area (Å²) < 4.78 is 23.0. The van der Waals surface area contributed by atoms with E-state index in [-0.39, 0.29) is 30.1 Å². The third kappa shape index (κ3) is 3.87. The number of halogens is 2. The van der Waals surface area contributed by atoms with Crippen molar-refractivity contribution in [3.05, 3.63) is 29.6 Å². The van der Waals surface area contributed by atoms with Crippen molar-refractivity contribution in [2.45, 2.75) is 12.5 Å². The van der Waals surface area contributed by atoms with Crippen LogP contribution in [-0.2, 0) is 9.53 Å². The molecule has 0 aliphatic rings. The number of rotatable bonds is 4. The fourth-order valence-electron chi connectivity index (χ4n) is 1.34. The van der Waals surface area contributed by atoms with Gasteiger partial charge in [-0.25, -0.2) is 4.39 Å². The number of hydrogen-bond donors (Lipinski definition) is 1. The molecule has 0 aromatic heterocycles. The van der Waals surface area contributed by atoms with E-state index >= 15 is 0 Å². The Morgan fingerprint density at radius 2 is 2.12 bits per heavy atom. The normalized spacial score (nSPS) is 11.3. The summed E-state index contributed by atoms with van der Waals surface area (Å²) in [6.07, 6.45) is -0.0689. The van der Waals surface area contributed by atoms with E-state index in [1.807, 2.05) is 0 Å². The molecule has 0 aliphatic heterocycles. The zero-order valence-electron chi connectivity index (χ0n) is 9.60. The first-order valence-electron chi connectivity index (χ1n) is 4.75. The predicted octanol–water partition coefficient (Wildman–Crippen LogP) is 1.82. The van der Waals surface area contributed by atoms with Crippen molar-refractivity contribution in [3.63, 3.8) is 0 Å². The van der Waals surface area contributed by atoms with E-state index < -0.39 is 17.8 Å². The second-order valence-corrected chi connectivity index (χ2v) is 3.25. The van der Waals surface area contributed by atoms with E-state index in [9.17, 15) is 9.18 Å². The molecule has 0 bridgehead atoms. The van der Waals surface area contributed by atoms with Gasteiger partial charge in [0.05, 0.1) is 20.6 Å². The fraction of sp³-hybridized carbons (Fsp3) is 0.364. The van der Waals surface area contributed by atoms with Crippen LogP contribution in [0.2, 0.25) is 0 Å². The molecule has 2 N–H and O–H groups in total. The van der Waals surface area contributed by atoms with E-state index in [1.165, 1.54) is 26.4 Å². The number of carbonyl (C=O) groups excluding carboxylic acids is 1. The van der Waals surface area contributed by atoms with Crippen LogP contribution in [0.25, 0.3) is 0 Å². The number of carbonyl (C=O) groups is 1.